The summed E-state index contributed by atoms with van der Waals surface area (Å²) < 4.78 is 1.70. The molecule has 8 nitrogen and oxygen atoms in total. The second-order valence-electron chi connectivity index (χ2n) is 6.21. The SMILES string of the molecule is CC(=O)N1CCC[C@@H]1c1nc(C)ncc1CNC(=O)Cn1ccnc1. The molecule has 0 aliphatic carbocycles. The molecule has 1 aliphatic heterocycles. The van der Waals surface area contributed by atoms with Crippen LogP contribution >= 0.6 is 0 Å². The molecule has 25 heavy (non-hydrogen) atoms. The summed E-state index contributed by atoms with van der Waals surface area (Å²) in [4.78, 5) is 38.6. The first-order valence-corrected chi connectivity index (χ1v) is 8.36. The third-order valence-corrected chi connectivity index (χ3v) is 4.35. The highest BCUT2D eigenvalue weighted by Crippen LogP contribution is 2.32. The van der Waals surface area contributed by atoms with Gasteiger partial charge < -0.3 is 14.8 Å². The molecule has 3 heterocycles. The van der Waals surface area contributed by atoms with E-state index in [0.29, 0.717) is 12.4 Å². The second-order valence-corrected chi connectivity index (χ2v) is 6.21. The van der Waals surface area contributed by atoms with E-state index in [2.05, 4.69) is 20.3 Å². The first-order valence-electron chi connectivity index (χ1n) is 8.36. The number of nitrogens with one attached hydrogen (secondary N) is 1. The summed E-state index contributed by atoms with van der Waals surface area (Å²) in [5.74, 6) is 0.604. The summed E-state index contributed by atoms with van der Waals surface area (Å²) in [5.41, 5.74) is 1.69. The normalized spacial score (nSPS) is 16.9. The monoisotopic (exact) mass is 342 g/mol. The van der Waals surface area contributed by atoms with Crippen LogP contribution in [0.4, 0.5) is 0 Å². The predicted octanol–water partition coefficient (Wildman–Crippen LogP) is 0.981. The molecule has 2 amide bonds. The molecule has 0 unspecified atom stereocenters. The summed E-state index contributed by atoms with van der Waals surface area (Å²) in [6.45, 7) is 4.71. The number of hydrogen-bond acceptors (Lipinski definition) is 5. The van der Waals surface area contributed by atoms with E-state index in [1.807, 2.05) is 11.8 Å². The summed E-state index contributed by atoms with van der Waals surface area (Å²) >= 11 is 0. The first kappa shape index (κ1) is 17.1. The van der Waals surface area contributed by atoms with Gasteiger partial charge in [-0.05, 0) is 19.8 Å². The summed E-state index contributed by atoms with van der Waals surface area (Å²) in [6.07, 6.45) is 8.56. The third kappa shape index (κ3) is 4.01. The lowest BCUT2D eigenvalue weighted by Gasteiger charge is -2.25. The number of carbonyl (C=O) groups excluding carboxylic acids is 2. The molecule has 1 saturated heterocycles. The van der Waals surface area contributed by atoms with Crippen LogP contribution in [0.25, 0.3) is 0 Å². The minimum absolute atomic E-state index is 0.0419. The van der Waals surface area contributed by atoms with Crippen LogP contribution < -0.4 is 5.32 Å². The zero-order valence-electron chi connectivity index (χ0n) is 14.5. The number of rotatable bonds is 5. The molecule has 1 fully saturated rings. The number of imidazole rings is 1. The van der Waals surface area contributed by atoms with E-state index in [4.69, 9.17) is 0 Å². The highest BCUT2D eigenvalue weighted by atomic mass is 16.2. The topological polar surface area (TPSA) is 93.0 Å². The summed E-state index contributed by atoms with van der Waals surface area (Å²) in [7, 11) is 0. The van der Waals surface area contributed by atoms with Crippen molar-refractivity contribution in [3.8, 4) is 0 Å². The standard InChI is InChI=1S/C17H22N6O2/c1-12-19-8-14(9-20-16(25)10-22-7-5-18-11-22)17(21-12)15-4-3-6-23(15)13(2)24/h5,7-8,11,15H,3-4,6,9-10H2,1-2H3,(H,20,25)/t15-/m1/s1. The molecule has 132 valence electrons. The van der Waals surface area contributed by atoms with E-state index < -0.39 is 0 Å². The Morgan fingerprint density at radius 3 is 2.96 bits per heavy atom. The number of hydrogen-bond donors (Lipinski definition) is 1. The predicted molar refractivity (Wildman–Crippen MR) is 90.2 cm³/mol. The maximum atomic E-state index is 12.1. The Morgan fingerprint density at radius 2 is 2.24 bits per heavy atom. The molecule has 8 heteroatoms. The number of aryl methyl sites for hydroxylation is 1. The third-order valence-electron chi connectivity index (χ3n) is 4.35. The molecular formula is C17H22N6O2. The molecule has 0 bridgehead atoms. The van der Waals surface area contributed by atoms with Crippen LogP contribution in [-0.4, -0.2) is 42.8 Å². The van der Waals surface area contributed by atoms with Gasteiger partial charge in [-0.1, -0.05) is 0 Å². The van der Waals surface area contributed by atoms with Gasteiger partial charge in [-0.3, -0.25) is 9.59 Å². The Kier molecular flexibility index (Phi) is 5.06. The Bertz CT molecular complexity index is 759. The Balaban J connectivity index is 1.73. The molecular weight excluding hydrogens is 320 g/mol. The lowest BCUT2D eigenvalue weighted by molar-refractivity contribution is -0.129. The first-order chi connectivity index (χ1) is 12.0. The number of carbonyl (C=O) groups is 2. The van der Waals surface area contributed by atoms with Crippen LogP contribution in [0.5, 0.6) is 0 Å². The molecule has 0 saturated carbocycles. The lowest BCUT2D eigenvalue weighted by Crippen LogP contribution is -2.31. The second kappa shape index (κ2) is 7.42. The number of nitrogens with zero attached hydrogens (tertiary/aromatic N) is 5. The maximum absolute atomic E-state index is 12.1. The lowest BCUT2D eigenvalue weighted by atomic mass is 10.1. The molecule has 1 N–H and O–H groups in total. The van der Waals surface area contributed by atoms with Crippen molar-refractivity contribution in [2.45, 2.75) is 45.8 Å². The molecule has 0 radical (unpaired) electrons. The van der Waals surface area contributed by atoms with Crippen molar-refractivity contribution in [2.75, 3.05) is 6.54 Å². The molecule has 2 aromatic rings. The number of amides is 2. The molecule has 0 aromatic carbocycles. The minimum Gasteiger partial charge on any atom is -0.350 e. The van der Waals surface area contributed by atoms with E-state index >= 15 is 0 Å². The van der Waals surface area contributed by atoms with E-state index in [0.717, 1.165) is 30.6 Å². The fourth-order valence-electron chi connectivity index (χ4n) is 3.16. The number of aromatic nitrogens is 4. The molecule has 2 aromatic heterocycles. The van der Waals surface area contributed by atoms with E-state index in [1.165, 1.54) is 0 Å². The van der Waals surface area contributed by atoms with Gasteiger partial charge in [-0.25, -0.2) is 15.0 Å². The van der Waals surface area contributed by atoms with Crippen molar-refractivity contribution in [3.05, 3.63) is 42.0 Å². The Morgan fingerprint density at radius 1 is 1.40 bits per heavy atom. The van der Waals surface area contributed by atoms with Gasteiger partial charge in [0.1, 0.15) is 12.4 Å². The Hall–Kier alpha value is -2.77. The van der Waals surface area contributed by atoms with Gasteiger partial charge in [0.25, 0.3) is 0 Å². The fraction of sp³-hybridized carbons (Fsp3) is 0.471. The van der Waals surface area contributed by atoms with Gasteiger partial charge >= 0.3 is 0 Å². The Labute approximate surface area is 146 Å². The average Bonchev–Trinajstić information content (AvgIpc) is 3.25. The van der Waals surface area contributed by atoms with Gasteiger partial charge in [0.2, 0.25) is 11.8 Å². The average molecular weight is 342 g/mol. The van der Waals surface area contributed by atoms with Crippen LogP contribution in [0.15, 0.2) is 24.9 Å². The smallest absolute Gasteiger partial charge is 0.240 e. The molecule has 1 aliphatic rings. The van der Waals surface area contributed by atoms with Gasteiger partial charge in [-0.15, -0.1) is 0 Å². The van der Waals surface area contributed by atoms with Gasteiger partial charge in [0.15, 0.2) is 0 Å². The largest absolute Gasteiger partial charge is 0.350 e. The fourth-order valence-corrected chi connectivity index (χ4v) is 3.16. The van der Waals surface area contributed by atoms with Crippen LogP contribution in [0, 0.1) is 6.92 Å². The van der Waals surface area contributed by atoms with Gasteiger partial charge in [-0.2, -0.15) is 0 Å². The van der Waals surface area contributed by atoms with Crippen LogP contribution in [0.1, 0.15) is 42.9 Å². The van der Waals surface area contributed by atoms with Crippen LogP contribution in [0.2, 0.25) is 0 Å². The molecule has 3 rings (SSSR count). The van der Waals surface area contributed by atoms with Crippen molar-refractivity contribution in [2.24, 2.45) is 0 Å². The summed E-state index contributed by atoms with van der Waals surface area (Å²) in [5, 5.41) is 2.89. The van der Waals surface area contributed by atoms with Gasteiger partial charge in [0.05, 0.1) is 18.1 Å². The number of likely N-dealkylation sites (tertiary alicyclic amines) is 1. The van der Waals surface area contributed by atoms with E-state index in [1.54, 1.807) is 36.4 Å². The van der Waals surface area contributed by atoms with Crippen LogP contribution in [0.3, 0.4) is 0 Å². The quantitative estimate of drug-likeness (QED) is 0.874. The summed E-state index contributed by atoms with van der Waals surface area (Å²) in [6, 6.07) is -0.0419. The molecule has 0 spiro atoms. The minimum atomic E-state index is -0.112. The van der Waals surface area contributed by atoms with Crippen molar-refractivity contribution in [1.29, 1.82) is 0 Å². The highest BCUT2D eigenvalue weighted by Gasteiger charge is 2.31. The van der Waals surface area contributed by atoms with Crippen molar-refractivity contribution in [1.82, 2.24) is 29.7 Å². The molecule has 1 atom stereocenters. The van der Waals surface area contributed by atoms with Crippen molar-refractivity contribution in [3.63, 3.8) is 0 Å². The van der Waals surface area contributed by atoms with E-state index in [9.17, 15) is 9.59 Å². The van der Waals surface area contributed by atoms with Crippen molar-refractivity contribution >= 4 is 11.8 Å². The van der Waals surface area contributed by atoms with E-state index in [-0.39, 0.29) is 24.4 Å². The van der Waals surface area contributed by atoms with Gasteiger partial charge in [0, 0.05) is 44.2 Å². The van der Waals surface area contributed by atoms with Crippen molar-refractivity contribution < 1.29 is 9.59 Å². The zero-order chi connectivity index (χ0) is 17.8. The maximum Gasteiger partial charge on any atom is 0.240 e. The van der Waals surface area contributed by atoms with Crippen LogP contribution in [-0.2, 0) is 22.7 Å². The zero-order valence-corrected chi connectivity index (χ0v) is 14.5. The highest BCUT2D eigenvalue weighted by molar-refractivity contribution is 5.76.